The fraction of sp³-hybridized carbons (Fsp3) is 0.0769. The van der Waals surface area contributed by atoms with Gasteiger partial charge in [0, 0.05) is 9.13 Å². The topological polar surface area (TPSA) is 0 Å². The van der Waals surface area contributed by atoms with Gasteiger partial charge in [-0.15, -0.1) is 0 Å². The summed E-state index contributed by atoms with van der Waals surface area (Å²) < 4.78 is 38.7. The van der Waals surface area contributed by atoms with Crippen molar-refractivity contribution in [1.29, 1.82) is 0 Å². The van der Waals surface area contributed by atoms with Crippen molar-refractivity contribution in [2.45, 2.75) is 6.18 Å². The van der Waals surface area contributed by atoms with Crippen LogP contribution in [0.4, 0.5) is 13.2 Å². The van der Waals surface area contributed by atoms with E-state index >= 15 is 0 Å². The summed E-state index contributed by atoms with van der Waals surface area (Å²) >= 11 is 13.5. The molecule has 0 N–H and O–H groups in total. The predicted molar refractivity (Wildman–Crippen MR) is 79.6 cm³/mol. The van der Waals surface area contributed by atoms with Crippen molar-refractivity contribution in [3.63, 3.8) is 0 Å². The summed E-state index contributed by atoms with van der Waals surface area (Å²) in [6.07, 6.45) is -4.39. The molecule has 2 rings (SSSR count). The maximum atomic E-state index is 12.9. The van der Waals surface area contributed by atoms with E-state index in [0.717, 1.165) is 6.07 Å². The molecule has 100 valence electrons. The van der Waals surface area contributed by atoms with Crippen LogP contribution >= 0.6 is 45.8 Å². The highest BCUT2D eigenvalue weighted by molar-refractivity contribution is 14.1. The summed E-state index contributed by atoms with van der Waals surface area (Å²) in [7, 11) is 0. The first-order valence-electron chi connectivity index (χ1n) is 5.12. The zero-order valence-electron chi connectivity index (χ0n) is 9.23. The number of rotatable bonds is 1. The monoisotopic (exact) mass is 416 g/mol. The first-order chi connectivity index (χ1) is 8.80. The van der Waals surface area contributed by atoms with Gasteiger partial charge in [-0.05, 0) is 46.4 Å². The van der Waals surface area contributed by atoms with Gasteiger partial charge in [-0.1, -0.05) is 41.4 Å². The summed E-state index contributed by atoms with van der Waals surface area (Å²) in [5, 5.41) is 0.560. The van der Waals surface area contributed by atoms with Crippen molar-refractivity contribution in [1.82, 2.24) is 0 Å². The summed E-state index contributed by atoms with van der Waals surface area (Å²) in [5.74, 6) is 0. The van der Waals surface area contributed by atoms with Gasteiger partial charge in [-0.3, -0.25) is 0 Å². The Kier molecular flexibility index (Phi) is 4.32. The average Bonchev–Trinajstić information content (AvgIpc) is 2.32. The first kappa shape index (κ1) is 14.9. The molecule has 0 saturated heterocycles. The second-order valence-corrected chi connectivity index (χ2v) is 5.74. The van der Waals surface area contributed by atoms with Crippen molar-refractivity contribution >= 4 is 45.8 Å². The van der Waals surface area contributed by atoms with Gasteiger partial charge in [0.1, 0.15) is 0 Å². The van der Waals surface area contributed by atoms with Crippen molar-refractivity contribution in [2.24, 2.45) is 0 Å². The summed E-state index contributed by atoms with van der Waals surface area (Å²) in [6.45, 7) is 0. The summed E-state index contributed by atoms with van der Waals surface area (Å²) in [6, 6.07) is 8.96. The molecule has 6 heteroatoms. The van der Waals surface area contributed by atoms with Gasteiger partial charge in [0.25, 0.3) is 0 Å². The number of hydrogen-bond donors (Lipinski definition) is 0. The number of hydrogen-bond acceptors (Lipinski definition) is 0. The third kappa shape index (κ3) is 3.17. The van der Waals surface area contributed by atoms with Crippen molar-refractivity contribution < 1.29 is 13.2 Å². The molecule has 0 atom stereocenters. The highest BCUT2D eigenvalue weighted by Crippen LogP contribution is 2.38. The third-order valence-corrected chi connectivity index (χ3v) is 4.29. The van der Waals surface area contributed by atoms with E-state index in [4.69, 9.17) is 23.2 Å². The van der Waals surface area contributed by atoms with E-state index in [-0.39, 0.29) is 8.59 Å². The molecule has 0 aliphatic rings. The number of alkyl halides is 3. The normalized spacial score (nSPS) is 11.7. The quantitative estimate of drug-likeness (QED) is 0.479. The molecular formula is C13H6Cl2F3I. The van der Waals surface area contributed by atoms with Crippen LogP contribution in [0.1, 0.15) is 5.56 Å². The van der Waals surface area contributed by atoms with Gasteiger partial charge in [-0.2, -0.15) is 13.2 Å². The highest BCUT2D eigenvalue weighted by Gasteiger charge is 2.33. The molecule has 0 saturated carbocycles. The number of benzene rings is 2. The zero-order chi connectivity index (χ0) is 14.2. The summed E-state index contributed by atoms with van der Waals surface area (Å²) in [5.41, 5.74) is 0.193. The number of halogens is 6. The molecule has 2 aromatic rings. The predicted octanol–water partition coefficient (Wildman–Crippen LogP) is 6.28. The lowest BCUT2D eigenvalue weighted by molar-refractivity contribution is -0.138. The molecule has 2 aromatic carbocycles. The van der Waals surface area contributed by atoms with Gasteiger partial charge in [0.15, 0.2) is 0 Å². The molecule has 0 heterocycles. The molecule has 0 aliphatic carbocycles. The van der Waals surface area contributed by atoms with E-state index in [2.05, 4.69) is 0 Å². The van der Waals surface area contributed by atoms with Crippen LogP contribution in [0.3, 0.4) is 0 Å². The van der Waals surface area contributed by atoms with Gasteiger partial charge in [0.05, 0.1) is 15.6 Å². The van der Waals surface area contributed by atoms with Crippen molar-refractivity contribution in [3.05, 3.63) is 55.6 Å². The molecular weight excluding hydrogens is 411 g/mol. The van der Waals surface area contributed by atoms with E-state index in [1.165, 1.54) is 6.07 Å². The van der Waals surface area contributed by atoms with Gasteiger partial charge < -0.3 is 0 Å². The minimum Gasteiger partial charge on any atom is -0.166 e. The largest absolute Gasteiger partial charge is 0.417 e. The maximum absolute atomic E-state index is 12.9. The zero-order valence-corrected chi connectivity index (χ0v) is 12.9. The lowest BCUT2D eigenvalue weighted by Crippen LogP contribution is -2.07. The van der Waals surface area contributed by atoms with Crippen LogP contribution in [0.5, 0.6) is 0 Å². The van der Waals surface area contributed by atoms with Crippen molar-refractivity contribution in [2.75, 3.05) is 0 Å². The Morgan fingerprint density at radius 2 is 1.68 bits per heavy atom. The standard InChI is InChI=1S/C13H6Cl2F3I/c14-10-3-1-2-8(12(10)15)7-4-5-11(19)9(6-7)13(16,17)18/h1-6H. The molecule has 0 aliphatic heterocycles. The van der Waals surface area contributed by atoms with E-state index in [1.54, 1.807) is 46.9 Å². The molecule has 0 amide bonds. The molecule has 0 unspecified atom stereocenters. The Morgan fingerprint density at radius 3 is 2.32 bits per heavy atom. The van der Waals surface area contributed by atoms with Gasteiger partial charge >= 0.3 is 6.18 Å². The SMILES string of the molecule is FC(F)(F)c1cc(-c2cccc(Cl)c2Cl)ccc1I. The Bertz CT molecular complexity index is 624. The van der Waals surface area contributed by atoms with Gasteiger partial charge in [-0.25, -0.2) is 0 Å². The second kappa shape index (κ2) is 5.50. The molecule has 0 spiro atoms. The molecule has 0 aromatic heterocycles. The van der Waals surface area contributed by atoms with E-state index < -0.39 is 11.7 Å². The highest BCUT2D eigenvalue weighted by atomic mass is 127. The molecule has 0 bridgehead atoms. The minimum absolute atomic E-state index is 0.145. The Hall–Kier alpha value is -0.460. The van der Waals surface area contributed by atoms with Gasteiger partial charge in [0.2, 0.25) is 0 Å². The summed E-state index contributed by atoms with van der Waals surface area (Å²) in [4.78, 5) is 0. The smallest absolute Gasteiger partial charge is 0.166 e. The van der Waals surface area contributed by atoms with Crippen LogP contribution in [0.15, 0.2) is 36.4 Å². The van der Waals surface area contributed by atoms with Crippen LogP contribution < -0.4 is 0 Å². The maximum Gasteiger partial charge on any atom is 0.417 e. The Morgan fingerprint density at radius 1 is 1.00 bits per heavy atom. The van der Waals surface area contributed by atoms with E-state index in [0.29, 0.717) is 16.1 Å². The van der Waals surface area contributed by atoms with E-state index in [1.807, 2.05) is 0 Å². The molecule has 19 heavy (non-hydrogen) atoms. The van der Waals surface area contributed by atoms with Crippen LogP contribution in [0, 0.1) is 3.57 Å². The molecule has 0 fully saturated rings. The molecule has 0 nitrogen and oxygen atoms in total. The fourth-order valence-corrected chi connectivity index (χ4v) is 2.69. The molecule has 0 radical (unpaired) electrons. The Balaban J connectivity index is 2.62. The minimum atomic E-state index is -4.39. The van der Waals surface area contributed by atoms with Crippen LogP contribution in [-0.4, -0.2) is 0 Å². The van der Waals surface area contributed by atoms with Crippen molar-refractivity contribution in [3.8, 4) is 11.1 Å². The fourth-order valence-electron chi connectivity index (χ4n) is 1.64. The van der Waals surface area contributed by atoms with E-state index in [9.17, 15) is 13.2 Å². The second-order valence-electron chi connectivity index (χ2n) is 3.79. The lowest BCUT2D eigenvalue weighted by Gasteiger charge is -2.12. The van der Waals surface area contributed by atoms with Crippen LogP contribution in [0.2, 0.25) is 10.0 Å². The van der Waals surface area contributed by atoms with Crippen LogP contribution in [-0.2, 0) is 6.18 Å². The van der Waals surface area contributed by atoms with Crippen LogP contribution in [0.25, 0.3) is 11.1 Å². The lowest BCUT2D eigenvalue weighted by atomic mass is 10.0. The Labute approximate surface area is 131 Å². The first-order valence-corrected chi connectivity index (χ1v) is 6.95. The third-order valence-electron chi connectivity index (χ3n) is 2.53. The average molecular weight is 417 g/mol.